The van der Waals surface area contributed by atoms with E-state index < -0.39 is 30.7 Å². The summed E-state index contributed by atoms with van der Waals surface area (Å²) >= 11 is 0. The average molecular weight is 623 g/mol. The first-order valence-electron chi connectivity index (χ1n) is 16.0. The molecule has 11 nitrogen and oxygen atoms in total. The number of likely N-dealkylation sites (tertiary alicyclic amines) is 1. The summed E-state index contributed by atoms with van der Waals surface area (Å²) < 4.78 is 11.3. The zero-order chi connectivity index (χ0) is 31.9. The van der Waals surface area contributed by atoms with Crippen molar-refractivity contribution in [2.75, 3.05) is 26.2 Å². The Bertz CT molecular complexity index is 1220. The van der Waals surface area contributed by atoms with Crippen molar-refractivity contribution in [1.29, 1.82) is 0 Å². The van der Waals surface area contributed by atoms with E-state index in [1.54, 1.807) is 4.90 Å². The van der Waals surface area contributed by atoms with Gasteiger partial charge >= 0.3 is 12.1 Å². The van der Waals surface area contributed by atoms with Gasteiger partial charge in [-0.3, -0.25) is 19.3 Å². The molecule has 4 rings (SSSR count). The van der Waals surface area contributed by atoms with Gasteiger partial charge in [-0.2, -0.15) is 0 Å². The van der Waals surface area contributed by atoms with Gasteiger partial charge in [0, 0.05) is 13.1 Å². The van der Waals surface area contributed by atoms with Gasteiger partial charge in [-0.25, -0.2) is 10.7 Å². The Balaban J connectivity index is 1.59. The number of nitrogens with zero attached hydrogens (tertiary/aromatic N) is 2. The van der Waals surface area contributed by atoms with Crippen molar-refractivity contribution >= 4 is 23.9 Å². The Morgan fingerprint density at radius 2 is 1.47 bits per heavy atom. The third-order valence-electron chi connectivity index (χ3n) is 8.53. The van der Waals surface area contributed by atoms with E-state index in [-0.39, 0.29) is 44.1 Å². The number of benzene rings is 2. The minimum absolute atomic E-state index is 0.0163. The van der Waals surface area contributed by atoms with Crippen LogP contribution in [0, 0.1) is 5.92 Å². The number of nitrogens with two attached hydrogens (primary N) is 1. The maximum absolute atomic E-state index is 14.5. The van der Waals surface area contributed by atoms with E-state index in [1.165, 1.54) is 4.90 Å². The number of esters is 1. The summed E-state index contributed by atoms with van der Waals surface area (Å²) in [6.07, 6.45) is 6.68. The van der Waals surface area contributed by atoms with Gasteiger partial charge in [-0.15, -0.1) is 0 Å². The van der Waals surface area contributed by atoms with Crippen LogP contribution in [0.5, 0.6) is 0 Å². The Kier molecular flexibility index (Phi) is 13.7. The second-order valence-electron chi connectivity index (χ2n) is 11.8. The van der Waals surface area contributed by atoms with Crippen LogP contribution in [0.1, 0.15) is 68.9 Å². The lowest BCUT2D eigenvalue weighted by Gasteiger charge is -2.40. The molecule has 2 aliphatic rings. The molecule has 0 bridgehead atoms. The van der Waals surface area contributed by atoms with Gasteiger partial charge in [0.1, 0.15) is 31.8 Å². The van der Waals surface area contributed by atoms with Crippen LogP contribution >= 0.6 is 0 Å². The molecule has 45 heavy (non-hydrogen) atoms. The molecule has 244 valence electrons. The molecule has 3 N–H and O–H groups in total. The molecule has 3 amide bonds. The summed E-state index contributed by atoms with van der Waals surface area (Å²) in [7, 11) is 0. The number of ether oxygens (including phenoxy) is 2. The van der Waals surface area contributed by atoms with E-state index in [0.717, 1.165) is 56.1 Å². The monoisotopic (exact) mass is 622 g/mol. The van der Waals surface area contributed by atoms with Crippen molar-refractivity contribution in [3.05, 3.63) is 71.8 Å². The molecule has 0 radical (unpaired) electrons. The Morgan fingerprint density at radius 1 is 0.844 bits per heavy atom. The smallest absolute Gasteiger partial charge is 0.411 e. The van der Waals surface area contributed by atoms with Gasteiger partial charge in [-0.05, 0) is 42.7 Å². The van der Waals surface area contributed by atoms with Gasteiger partial charge in [-0.1, -0.05) is 92.8 Å². The normalized spacial score (nSPS) is 17.6. The Hall–Kier alpha value is -3.96. The van der Waals surface area contributed by atoms with Gasteiger partial charge < -0.3 is 24.5 Å². The number of hydrogen-bond donors (Lipinski definition) is 2. The highest BCUT2D eigenvalue weighted by molar-refractivity contribution is 5.92. The second-order valence-corrected chi connectivity index (χ2v) is 11.8. The van der Waals surface area contributed by atoms with Crippen molar-refractivity contribution in [3.63, 3.8) is 0 Å². The standard InChI is InChI=1S/C34H46N4O7/c35-45-21-19-36-32(40)29-18-10-11-20-37(29)33(41)30(22-26-12-4-1-5-13-26)38(34(42)44-25-28-16-8-3-9-17-28)23-31(39)43-24-27-14-6-2-7-15-27/h2-3,6-9,14-17,26,29-30H,1,4-5,10-13,18-25,35H2,(H,36,40)/t29-,30+/m0/s1. The fraction of sp³-hybridized carbons (Fsp3) is 0.529. The predicted molar refractivity (Wildman–Crippen MR) is 167 cm³/mol. The zero-order valence-corrected chi connectivity index (χ0v) is 25.9. The number of carbonyl (C=O) groups is 4. The molecule has 0 aromatic heterocycles. The molecule has 1 aliphatic heterocycles. The van der Waals surface area contributed by atoms with E-state index in [1.807, 2.05) is 60.7 Å². The third kappa shape index (κ3) is 10.6. The summed E-state index contributed by atoms with van der Waals surface area (Å²) in [6.45, 7) is 0.290. The maximum atomic E-state index is 14.5. The second kappa shape index (κ2) is 18.1. The quantitative estimate of drug-likeness (QED) is 0.182. The van der Waals surface area contributed by atoms with Gasteiger partial charge in [0.15, 0.2) is 0 Å². The number of nitrogens with one attached hydrogen (secondary N) is 1. The van der Waals surface area contributed by atoms with E-state index in [2.05, 4.69) is 10.2 Å². The highest BCUT2D eigenvalue weighted by atomic mass is 16.6. The van der Waals surface area contributed by atoms with Crippen LogP contribution in [0.4, 0.5) is 4.79 Å². The molecule has 1 aliphatic carbocycles. The average Bonchev–Trinajstić information content (AvgIpc) is 3.09. The van der Waals surface area contributed by atoms with Crippen molar-refractivity contribution in [3.8, 4) is 0 Å². The van der Waals surface area contributed by atoms with Crippen molar-refractivity contribution < 1.29 is 33.5 Å². The molecule has 0 unspecified atom stereocenters. The van der Waals surface area contributed by atoms with Crippen LogP contribution in [0.3, 0.4) is 0 Å². The zero-order valence-electron chi connectivity index (χ0n) is 25.9. The predicted octanol–water partition coefficient (Wildman–Crippen LogP) is 4.10. The van der Waals surface area contributed by atoms with Crippen LogP contribution < -0.4 is 11.2 Å². The van der Waals surface area contributed by atoms with Crippen LogP contribution in [0.2, 0.25) is 0 Å². The highest BCUT2D eigenvalue weighted by Gasteiger charge is 2.41. The molecule has 2 atom stereocenters. The minimum atomic E-state index is -0.999. The lowest BCUT2D eigenvalue weighted by atomic mass is 9.84. The summed E-state index contributed by atoms with van der Waals surface area (Å²) in [5, 5.41) is 2.80. The molecular weight excluding hydrogens is 576 g/mol. The Labute approximate surface area is 265 Å². The van der Waals surface area contributed by atoms with E-state index >= 15 is 0 Å². The molecular formula is C34H46N4O7. The number of rotatable bonds is 14. The molecule has 2 fully saturated rings. The van der Waals surface area contributed by atoms with Crippen LogP contribution in [0.25, 0.3) is 0 Å². The van der Waals surface area contributed by atoms with Gasteiger partial charge in [0.25, 0.3) is 0 Å². The number of carbonyl (C=O) groups excluding carboxylic acids is 4. The first kappa shape index (κ1) is 33.9. The molecule has 0 spiro atoms. The molecule has 1 saturated heterocycles. The van der Waals surface area contributed by atoms with E-state index in [9.17, 15) is 19.2 Å². The van der Waals surface area contributed by atoms with Gasteiger partial charge in [0.05, 0.1) is 6.61 Å². The lowest BCUT2D eigenvalue weighted by Crippen LogP contribution is -2.59. The van der Waals surface area contributed by atoms with Crippen LogP contribution in [-0.2, 0) is 41.9 Å². The fourth-order valence-electron chi connectivity index (χ4n) is 6.14. The molecule has 2 aromatic carbocycles. The Morgan fingerprint density at radius 3 is 2.11 bits per heavy atom. The largest absolute Gasteiger partial charge is 0.459 e. The first-order chi connectivity index (χ1) is 22.0. The third-order valence-corrected chi connectivity index (χ3v) is 8.53. The van der Waals surface area contributed by atoms with Crippen molar-refractivity contribution in [1.82, 2.24) is 15.1 Å². The fourth-order valence-corrected chi connectivity index (χ4v) is 6.14. The van der Waals surface area contributed by atoms with Gasteiger partial charge in [0.2, 0.25) is 11.8 Å². The van der Waals surface area contributed by atoms with Crippen molar-refractivity contribution in [2.45, 2.75) is 83.1 Å². The molecule has 1 heterocycles. The minimum Gasteiger partial charge on any atom is -0.459 e. The number of hydrogen-bond acceptors (Lipinski definition) is 8. The van der Waals surface area contributed by atoms with Crippen LogP contribution in [-0.4, -0.2) is 72.0 Å². The summed E-state index contributed by atoms with van der Waals surface area (Å²) in [5.41, 5.74) is 1.59. The van der Waals surface area contributed by atoms with Crippen molar-refractivity contribution in [2.24, 2.45) is 11.8 Å². The maximum Gasteiger partial charge on any atom is 0.411 e. The molecule has 1 saturated carbocycles. The number of piperidine rings is 1. The van der Waals surface area contributed by atoms with E-state index in [0.29, 0.717) is 19.4 Å². The lowest BCUT2D eigenvalue weighted by molar-refractivity contribution is -0.151. The number of amides is 3. The van der Waals surface area contributed by atoms with E-state index in [4.69, 9.17) is 15.4 Å². The molecule has 2 aromatic rings. The summed E-state index contributed by atoms with van der Waals surface area (Å²) in [5.74, 6) is 4.00. The van der Waals surface area contributed by atoms with Crippen LogP contribution in [0.15, 0.2) is 60.7 Å². The first-order valence-corrected chi connectivity index (χ1v) is 16.0. The SMILES string of the molecule is NOCCNC(=O)[C@@H]1CCCCN1C(=O)[C@@H](CC1CCCCC1)N(CC(=O)OCc1ccccc1)C(=O)OCc1ccccc1. The topological polar surface area (TPSA) is 140 Å². The molecule has 11 heteroatoms. The summed E-state index contributed by atoms with van der Waals surface area (Å²) in [4.78, 5) is 62.1. The highest BCUT2D eigenvalue weighted by Crippen LogP contribution is 2.31. The summed E-state index contributed by atoms with van der Waals surface area (Å²) in [6, 6.07) is 16.8.